The Balaban J connectivity index is 5.12. The van der Waals surface area contributed by atoms with E-state index in [0.29, 0.717) is 6.42 Å². The van der Waals surface area contributed by atoms with Gasteiger partial charge in [0.2, 0.25) is 11.8 Å². The molecule has 0 aromatic carbocycles. The Morgan fingerprint density at radius 3 is 1.44 bits per heavy atom. The Hall–Kier alpha value is -2.16. The summed E-state index contributed by atoms with van der Waals surface area (Å²) >= 11 is 0. The lowest BCUT2D eigenvalue weighted by Gasteiger charge is -2.30. The van der Waals surface area contributed by atoms with Crippen molar-refractivity contribution < 1.29 is 23.9 Å². The van der Waals surface area contributed by atoms with Gasteiger partial charge in [-0.2, -0.15) is 0 Å². The number of unbranched alkanes of at least 4 members (excludes halogenated alkanes) is 8. The van der Waals surface area contributed by atoms with Gasteiger partial charge in [0.1, 0.15) is 17.7 Å². The van der Waals surface area contributed by atoms with Gasteiger partial charge in [0.15, 0.2) is 5.78 Å². The maximum absolute atomic E-state index is 13.4. The van der Waals surface area contributed by atoms with Crippen LogP contribution in [0.3, 0.4) is 0 Å². The number of hydrogen-bond donors (Lipinski definition) is 4. The zero-order valence-electron chi connectivity index (χ0n) is 27.7. The molecule has 3 amide bonds. The van der Waals surface area contributed by atoms with E-state index in [1.807, 2.05) is 27.7 Å². The summed E-state index contributed by atoms with van der Waals surface area (Å²) in [5.74, 6) is -1.80. The quantitative estimate of drug-likeness (QED) is 0.137. The Morgan fingerprint density at radius 1 is 0.634 bits per heavy atom. The lowest BCUT2D eigenvalue weighted by atomic mass is 9.91. The van der Waals surface area contributed by atoms with Crippen molar-refractivity contribution in [2.24, 2.45) is 23.5 Å². The molecular weight excluding hydrogens is 520 g/mol. The highest BCUT2D eigenvalue weighted by Crippen LogP contribution is 2.15. The first-order valence-electron chi connectivity index (χ1n) is 15.9. The van der Waals surface area contributed by atoms with E-state index in [9.17, 15) is 19.2 Å². The van der Waals surface area contributed by atoms with Gasteiger partial charge in [-0.15, -0.1) is 0 Å². The fourth-order valence-corrected chi connectivity index (χ4v) is 4.60. The zero-order chi connectivity index (χ0) is 31.8. The Bertz CT molecular complexity index is 791. The van der Waals surface area contributed by atoms with E-state index in [-0.39, 0.29) is 23.5 Å². The fourth-order valence-electron chi connectivity index (χ4n) is 4.60. The van der Waals surface area contributed by atoms with Crippen molar-refractivity contribution in [1.82, 2.24) is 16.0 Å². The summed E-state index contributed by atoms with van der Waals surface area (Å²) in [7, 11) is 0. The van der Waals surface area contributed by atoms with E-state index >= 15 is 0 Å². The van der Waals surface area contributed by atoms with Crippen molar-refractivity contribution >= 4 is 23.7 Å². The number of nitrogens with two attached hydrogens (primary N) is 1. The largest absolute Gasteiger partial charge is 0.444 e. The molecule has 0 fully saturated rings. The fraction of sp³-hybridized carbons (Fsp3) is 0.875. The maximum Gasteiger partial charge on any atom is 0.408 e. The predicted molar refractivity (Wildman–Crippen MR) is 166 cm³/mol. The predicted octanol–water partition coefficient (Wildman–Crippen LogP) is 5.63. The van der Waals surface area contributed by atoms with Crippen LogP contribution in [0.4, 0.5) is 4.79 Å². The van der Waals surface area contributed by atoms with Crippen molar-refractivity contribution in [3.63, 3.8) is 0 Å². The summed E-state index contributed by atoms with van der Waals surface area (Å²) in [6.07, 6.45) is 10.6. The van der Waals surface area contributed by atoms with Crippen molar-refractivity contribution in [3.05, 3.63) is 0 Å². The smallest absolute Gasteiger partial charge is 0.408 e. The van der Waals surface area contributed by atoms with Crippen LogP contribution in [0.1, 0.15) is 133 Å². The van der Waals surface area contributed by atoms with Crippen LogP contribution in [0.25, 0.3) is 0 Å². The summed E-state index contributed by atoms with van der Waals surface area (Å²) < 4.78 is 5.30. The summed E-state index contributed by atoms with van der Waals surface area (Å²) in [6, 6.07) is -3.20. The van der Waals surface area contributed by atoms with Crippen molar-refractivity contribution in [2.75, 3.05) is 0 Å². The molecule has 9 nitrogen and oxygen atoms in total. The number of nitrogens with one attached hydrogen (secondary N) is 3. The Morgan fingerprint density at radius 2 is 1.02 bits per heavy atom. The molecule has 41 heavy (non-hydrogen) atoms. The first kappa shape index (κ1) is 38.8. The second-order valence-electron chi connectivity index (χ2n) is 13.5. The van der Waals surface area contributed by atoms with Crippen LogP contribution in [-0.4, -0.2) is 53.5 Å². The molecule has 0 saturated carbocycles. The van der Waals surface area contributed by atoms with E-state index < -0.39 is 47.7 Å². The van der Waals surface area contributed by atoms with Crippen molar-refractivity contribution in [2.45, 2.75) is 163 Å². The molecule has 0 aromatic heterocycles. The summed E-state index contributed by atoms with van der Waals surface area (Å²) in [6.45, 7) is 18.4. The van der Waals surface area contributed by atoms with Crippen molar-refractivity contribution in [3.8, 4) is 0 Å². The number of carbonyl (C=O) groups is 4. The zero-order valence-corrected chi connectivity index (χ0v) is 27.7. The Kier molecular flexibility index (Phi) is 18.8. The molecule has 0 aliphatic heterocycles. The van der Waals surface area contributed by atoms with Crippen LogP contribution in [0, 0.1) is 17.8 Å². The van der Waals surface area contributed by atoms with E-state index in [0.717, 1.165) is 19.3 Å². The van der Waals surface area contributed by atoms with Gasteiger partial charge >= 0.3 is 6.09 Å². The molecule has 0 bridgehead atoms. The molecule has 0 saturated heterocycles. The standard InChI is InChI=1S/C32H62N4O5/c1-11-12-13-14-15-16-17-18-19-20-24(33)28(37)25(21(2)3)34-29(38)26(22(4)5)35-30(39)27(23(6)7)36-31(40)41-32(8,9)10/h21-27H,11-20,33H2,1-10H3,(H,34,38)(H,35,39)(H,36,40)/t24?,25-,26-,27-/m0/s1. The summed E-state index contributed by atoms with van der Waals surface area (Å²) in [5, 5.41) is 8.26. The molecule has 0 aliphatic carbocycles. The summed E-state index contributed by atoms with van der Waals surface area (Å²) in [5.41, 5.74) is 5.57. The molecule has 4 atom stereocenters. The van der Waals surface area contributed by atoms with Gasteiger partial charge in [-0.25, -0.2) is 4.79 Å². The second kappa shape index (κ2) is 19.9. The maximum atomic E-state index is 13.4. The van der Waals surface area contributed by atoms with Crippen LogP contribution in [-0.2, 0) is 19.1 Å². The number of ether oxygens (including phenoxy) is 1. The van der Waals surface area contributed by atoms with Gasteiger partial charge in [0.05, 0.1) is 12.1 Å². The number of hydrogen-bond acceptors (Lipinski definition) is 6. The molecule has 0 rings (SSSR count). The van der Waals surface area contributed by atoms with Gasteiger partial charge in [0.25, 0.3) is 0 Å². The van der Waals surface area contributed by atoms with E-state index in [4.69, 9.17) is 10.5 Å². The highest BCUT2D eigenvalue weighted by molar-refractivity contribution is 5.96. The highest BCUT2D eigenvalue weighted by atomic mass is 16.6. The van der Waals surface area contributed by atoms with Crippen LogP contribution in [0.5, 0.6) is 0 Å². The van der Waals surface area contributed by atoms with Crippen LogP contribution >= 0.6 is 0 Å². The lowest BCUT2D eigenvalue weighted by Crippen LogP contribution is -2.60. The third-order valence-electron chi connectivity index (χ3n) is 7.12. The average molecular weight is 583 g/mol. The van der Waals surface area contributed by atoms with Gasteiger partial charge in [-0.3, -0.25) is 14.4 Å². The monoisotopic (exact) mass is 582 g/mol. The third-order valence-corrected chi connectivity index (χ3v) is 7.12. The van der Waals surface area contributed by atoms with E-state index in [2.05, 4.69) is 22.9 Å². The van der Waals surface area contributed by atoms with E-state index in [1.54, 1.807) is 34.6 Å². The first-order chi connectivity index (χ1) is 19.0. The van der Waals surface area contributed by atoms with E-state index in [1.165, 1.54) is 38.5 Å². The highest BCUT2D eigenvalue weighted by Gasteiger charge is 2.35. The normalized spacial score (nSPS) is 14.9. The molecule has 240 valence electrons. The minimum atomic E-state index is -0.897. The molecular formula is C32H62N4O5. The number of amides is 3. The lowest BCUT2D eigenvalue weighted by molar-refractivity contribution is -0.134. The summed E-state index contributed by atoms with van der Waals surface area (Å²) in [4.78, 5) is 52.1. The molecule has 0 aliphatic rings. The first-order valence-corrected chi connectivity index (χ1v) is 15.9. The molecule has 0 aromatic rings. The molecule has 0 heterocycles. The molecule has 5 N–H and O–H groups in total. The van der Waals surface area contributed by atoms with Gasteiger partial charge in [0, 0.05) is 0 Å². The molecule has 0 spiro atoms. The second-order valence-corrected chi connectivity index (χ2v) is 13.5. The minimum absolute atomic E-state index is 0.165. The number of rotatable bonds is 20. The van der Waals surface area contributed by atoms with Crippen molar-refractivity contribution in [1.29, 1.82) is 0 Å². The van der Waals surface area contributed by atoms with Gasteiger partial charge in [-0.1, -0.05) is 106 Å². The van der Waals surface area contributed by atoms with Gasteiger partial charge in [-0.05, 0) is 44.9 Å². The number of alkyl carbamates (subject to hydrolysis) is 1. The minimum Gasteiger partial charge on any atom is -0.444 e. The van der Waals surface area contributed by atoms with Gasteiger partial charge < -0.3 is 26.4 Å². The number of Topliss-reactive ketones (excluding diaryl/α,β-unsaturated/α-hetero) is 1. The van der Waals surface area contributed by atoms with Crippen LogP contribution in [0.15, 0.2) is 0 Å². The average Bonchev–Trinajstić information content (AvgIpc) is 2.85. The molecule has 1 unspecified atom stereocenters. The van der Waals surface area contributed by atoms with Crippen LogP contribution in [0.2, 0.25) is 0 Å². The number of carbonyl (C=O) groups excluding carboxylic acids is 4. The Labute approximate surface area is 250 Å². The SMILES string of the molecule is CCCCCCCCCCCC(N)C(=O)[C@@H](NC(=O)[C@@H](NC(=O)[C@@H](NC(=O)OC(C)(C)C)C(C)C)C(C)C)C(C)C. The third kappa shape index (κ3) is 16.8. The molecule has 0 radical (unpaired) electrons. The topological polar surface area (TPSA) is 140 Å². The van der Waals surface area contributed by atoms with Crippen LogP contribution < -0.4 is 21.7 Å². The molecule has 9 heteroatoms. The number of ketones is 1.